The van der Waals surface area contributed by atoms with Crippen molar-refractivity contribution in [1.82, 2.24) is 19.8 Å². The number of nitrogens with zero attached hydrogens (tertiary/aromatic N) is 5. The van der Waals surface area contributed by atoms with Gasteiger partial charge in [-0.3, -0.25) is 14.6 Å². The predicted octanol–water partition coefficient (Wildman–Crippen LogP) is 5.82. The second-order valence-corrected chi connectivity index (χ2v) is 13.5. The number of nitrogens with one attached hydrogen (secondary N) is 3. The molecule has 2 aliphatic heterocycles. The summed E-state index contributed by atoms with van der Waals surface area (Å²) in [6.07, 6.45) is 7.82. The van der Waals surface area contributed by atoms with Crippen molar-refractivity contribution in [2.24, 2.45) is 0 Å². The number of rotatable bonds is 13. The van der Waals surface area contributed by atoms with Crippen molar-refractivity contribution in [1.29, 1.82) is 0 Å². The third-order valence-electron chi connectivity index (χ3n) is 9.82. The van der Waals surface area contributed by atoms with Crippen molar-refractivity contribution >= 4 is 46.2 Å². The van der Waals surface area contributed by atoms with Crippen LogP contribution in [0.1, 0.15) is 50.6 Å². The van der Waals surface area contributed by atoms with Crippen LogP contribution < -0.4 is 25.6 Å². The Morgan fingerprint density at radius 1 is 1.08 bits per heavy atom. The van der Waals surface area contributed by atoms with E-state index in [0.717, 1.165) is 57.3 Å². The Bertz CT molecular complexity index is 1630. The standard InChI is InChI=1S/C36H46ClFN8O3/c1-4-36(48)43-30-18-31(42-35-20-34(39-22-40-35)41-29(11-16-47)24-5-8-28(38)27(37)17-24)33(49-3)19-32(30)44-12-9-25(10-13-44)45-14-15-46(23(2)21-45)26-6-7-26/h4-5,8,17-20,22-23,25-26,29,47H,1,6-7,9-16,21H2,2-3H3,(H,43,48)(H2,39,40,41,42)/t23-,29+/m0/s1. The molecule has 0 bridgehead atoms. The van der Waals surface area contributed by atoms with Gasteiger partial charge in [0.05, 0.1) is 35.2 Å². The molecule has 2 aromatic carbocycles. The average Bonchev–Trinajstić information content (AvgIpc) is 3.95. The van der Waals surface area contributed by atoms with Gasteiger partial charge in [-0.25, -0.2) is 14.4 Å². The van der Waals surface area contributed by atoms with Gasteiger partial charge in [0.1, 0.15) is 29.5 Å². The lowest BCUT2D eigenvalue weighted by atomic mass is 9.99. The zero-order valence-electron chi connectivity index (χ0n) is 28.2. The van der Waals surface area contributed by atoms with Gasteiger partial charge in [-0.1, -0.05) is 24.2 Å². The number of aliphatic hydroxyl groups is 1. The minimum atomic E-state index is -0.512. The number of aliphatic hydroxyl groups excluding tert-OH is 1. The van der Waals surface area contributed by atoms with Gasteiger partial charge >= 0.3 is 0 Å². The fraction of sp³-hybridized carbons (Fsp3) is 0.472. The van der Waals surface area contributed by atoms with Gasteiger partial charge in [0.25, 0.3) is 0 Å². The van der Waals surface area contributed by atoms with Gasteiger partial charge in [0, 0.05) is 69.6 Å². The molecule has 13 heteroatoms. The van der Waals surface area contributed by atoms with E-state index in [4.69, 9.17) is 16.3 Å². The van der Waals surface area contributed by atoms with Crippen LogP contribution in [0.15, 0.2) is 55.4 Å². The zero-order chi connectivity index (χ0) is 34.5. The van der Waals surface area contributed by atoms with E-state index < -0.39 is 5.82 Å². The molecule has 3 aliphatic rings. The van der Waals surface area contributed by atoms with Crippen molar-refractivity contribution < 1.29 is 19.0 Å². The molecule has 4 N–H and O–H groups in total. The van der Waals surface area contributed by atoms with Crippen LogP contribution in [0.5, 0.6) is 5.75 Å². The quantitative estimate of drug-likeness (QED) is 0.163. The van der Waals surface area contributed by atoms with Crippen LogP contribution in [0.25, 0.3) is 0 Å². The molecule has 3 aromatic rings. The number of methoxy groups -OCH3 is 1. The van der Waals surface area contributed by atoms with Crippen LogP contribution in [0, 0.1) is 5.82 Å². The molecule has 0 radical (unpaired) electrons. The number of amides is 1. The molecule has 1 saturated carbocycles. The van der Waals surface area contributed by atoms with Crippen LogP contribution in [-0.4, -0.2) is 95.3 Å². The van der Waals surface area contributed by atoms with Crippen molar-refractivity contribution in [2.45, 2.75) is 63.2 Å². The van der Waals surface area contributed by atoms with Crippen molar-refractivity contribution in [3.63, 3.8) is 0 Å². The number of carbonyl (C=O) groups excluding carboxylic acids is 1. The number of piperazine rings is 1. The summed E-state index contributed by atoms with van der Waals surface area (Å²) in [5.41, 5.74) is 2.84. The maximum atomic E-state index is 13.8. The Hall–Kier alpha value is -3.97. The number of hydrogen-bond acceptors (Lipinski definition) is 10. The highest BCUT2D eigenvalue weighted by atomic mass is 35.5. The second kappa shape index (κ2) is 15.7. The summed E-state index contributed by atoms with van der Waals surface area (Å²) in [5.74, 6) is 0.729. The van der Waals surface area contributed by atoms with Gasteiger partial charge < -0.3 is 30.7 Å². The molecule has 6 rings (SSSR count). The lowest BCUT2D eigenvalue weighted by Gasteiger charge is -2.46. The van der Waals surface area contributed by atoms with Crippen molar-refractivity contribution in [2.75, 3.05) is 67.3 Å². The van der Waals surface area contributed by atoms with E-state index in [1.54, 1.807) is 19.2 Å². The Morgan fingerprint density at radius 2 is 1.86 bits per heavy atom. The maximum Gasteiger partial charge on any atom is 0.247 e. The van der Waals surface area contributed by atoms with E-state index in [2.05, 4.69) is 54.1 Å². The number of anilines is 5. The minimum Gasteiger partial charge on any atom is -0.494 e. The Labute approximate surface area is 292 Å². The molecule has 49 heavy (non-hydrogen) atoms. The van der Waals surface area contributed by atoms with Crippen LogP contribution in [-0.2, 0) is 4.79 Å². The Kier molecular flexibility index (Phi) is 11.2. The van der Waals surface area contributed by atoms with E-state index in [-0.39, 0.29) is 23.6 Å². The summed E-state index contributed by atoms with van der Waals surface area (Å²) in [6, 6.07) is 11.6. The van der Waals surface area contributed by atoms with Gasteiger partial charge in [-0.15, -0.1) is 0 Å². The highest BCUT2D eigenvalue weighted by Gasteiger charge is 2.37. The van der Waals surface area contributed by atoms with Crippen molar-refractivity contribution in [3.05, 3.63) is 71.8 Å². The molecule has 2 saturated heterocycles. The third-order valence-corrected chi connectivity index (χ3v) is 10.1. The molecule has 0 unspecified atom stereocenters. The van der Waals surface area contributed by atoms with Gasteiger partial charge in [0.2, 0.25) is 5.91 Å². The van der Waals surface area contributed by atoms with E-state index in [0.29, 0.717) is 52.8 Å². The van der Waals surface area contributed by atoms with Crippen LogP contribution in [0.3, 0.4) is 0 Å². The summed E-state index contributed by atoms with van der Waals surface area (Å²) < 4.78 is 19.6. The predicted molar refractivity (Wildman–Crippen MR) is 193 cm³/mol. The van der Waals surface area contributed by atoms with E-state index in [9.17, 15) is 14.3 Å². The maximum absolute atomic E-state index is 13.8. The fourth-order valence-electron chi connectivity index (χ4n) is 7.13. The second-order valence-electron chi connectivity index (χ2n) is 13.1. The number of hydrogen-bond donors (Lipinski definition) is 4. The van der Waals surface area contributed by atoms with Crippen LogP contribution in [0.4, 0.5) is 33.1 Å². The first-order valence-electron chi connectivity index (χ1n) is 17.1. The first-order chi connectivity index (χ1) is 23.8. The smallest absolute Gasteiger partial charge is 0.247 e. The summed E-state index contributed by atoms with van der Waals surface area (Å²) in [7, 11) is 1.61. The van der Waals surface area contributed by atoms with Crippen LogP contribution in [0.2, 0.25) is 5.02 Å². The number of carbonyl (C=O) groups is 1. The normalized spacial score (nSPS) is 19.7. The number of aromatic nitrogens is 2. The number of halogens is 2. The molecule has 3 fully saturated rings. The van der Waals surface area contributed by atoms with Gasteiger partial charge in [-0.2, -0.15) is 0 Å². The summed E-state index contributed by atoms with van der Waals surface area (Å²) in [6.45, 7) is 11.1. The van der Waals surface area contributed by atoms with Crippen molar-refractivity contribution in [3.8, 4) is 5.75 Å². The number of piperidine rings is 1. The van der Waals surface area contributed by atoms with E-state index in [1.807, 2.05) is 12.1 Å². The largest absolute Gasteiger partial charge is 0.494 e. The van der Waals surface area contributed by atoms with Gasteiger partial charge in [-0.05, 0) is 68.9 Å². The molecule has 3 heterocycles. The molecule has 1 amide bonds. The molecular formula is C36H46ClFN8O3. The summed E-state index contributed by atoms with van der Waals surface area (Å²) in [4.78, 5) is 29.0. The number of ether oxygens (including phenoxy) is 1. The Balaban J connectivity index is 1.18. The highest BCUT2D eigenvalue weighted by molar-refractivity contribution is 6.30. The Morgan fingerprint density at radius 3 is 2.53 bits per heavy atom. The van der Waals surface area contributed by atoms with Gasteiger partial charge in [0.15, 0.2) is 0 Å². The molecule has 2 atom stereocenters. The minimum absolute atomic E-state index is 0.00313. The summed E-state index contributed by atoms with van der Waals surface area (Å²) >= 11 is 6.03. The topological polar surface area (TPSA) is 118 Å². The monoisotopic (exact) mass is 692 g/mol. The van der Waals surface area contributed by atoms with E-state index in [1.165, 1.54) is 37.4 Å². The van der Waals surface area contributed by atoms with E-state index >= 15 is 0 Å². The lowest BCUT2D eigenvalue weighted by Crippen LogP contribution is -2.57. The first kappa shape index (κ1) is 34.9. The van der Waals surface area contributed by atoms with Crippen LogP contribution >= 0.6 is 11.6 Å². The average molecular weight is 693 g/mol. The lowest BCUT2D eigenvalue weighted by molar-refractivity contribution is -0.111. The molecular weight excluding hydrogens is 647 g/mol. The SMILES string of the molecule is C=CC(=O)Nc1cc(Nc2cc(N[C@H](CCO)c3ccc(F)c(Cl)c3)ncn2)c(OC)cc1N1CCC(N2CCN(C3CC3)[C@@H](C)C2)CC1. The summed E-state index contributed by atoms with van der Waals surface area (Å²) in [5, 5.41) is 19.3. The molecule has 262 valence electrons. The molecule has 1 aromatic heterocycles. The third kappa shape index (κ3) is 8.43. The highest BCUT2D eigenvalue weighted by Crippen LogP contribution is 2.40. The first-order valence-corrected chi connectivity index (χ1v) is 17.5. The molecule has 11 nitrogen and oxygen atoms in total. The molecule has 1 aliphatic carbocycles. The fourth-order valence-corrected chi connectivity index (χ4v) is 7.32. The zero-order valence-corrected chi connectivity index (χ0v) is 28.9. The molecule has 0 spiro atoms. The number of benzene rings is 2.